The van der Waals surface area contributed by atoms with E-state index in [-0.39, 0.29) is 5.78 Å². The second-order valence-electron chi connectivity index (χ2n) is 4.55. The first-order valence-electron chi connectivity index (χ1n) is 5.95. The van der Waals surface area contributed by atoms with Crippen molar-refractivity contribution in [2.75, 3.05) is 0 Å². The predicted octanol–water partition coefficient (Wildman–Crippen LogP) is 2.83. The summed E-state index contributed by atoms with van der Waals surface area (Å²) in [4.78, 5) is 20.3. The molecule has 0 saturated carbocycles. The summed E-state index contributed by atoms with van der Waals surface area (Å²) >= 11 is 0. The van der Waals surface area contributed by atoms with Gasteiger partial charge in [-0.15, -0.1) is 0 Å². The fourth-order valence-electron chi connectivity index (χ4n) is 1.90. The molecule has 0 bridgehead atoms. The summed E-state index contributed by atoms with van der Waals surface area (Å²) in [6.07, 6.45) is 3.71. The van der Waals surface area contributed by atoms with Crippen LogP contribution in [-0.4, -0.2) is 15.8 Å². The Kier molecular flexibility index (Phi) is 3.51. The van der Waals surface area contributed by atoms with E-state index in [1.807, 2.05) is 39.0 Å². The summed E-state index contributed by atoms with van der Waals surface area (Å²) < 4.78 is 0. The van der Waals surface area contributed by atoms with E-state index in [0.717, 1.165) is 22.3 Å². The van der Waals surface area contributed by atoms with Gasteiger partial charge in [-0.1, -0.05) is 18.2 Å². The summed E-state index contributed by atoms with van der Waals surface area (Å²) in [6, 6.07) is 6.04. The maximum absolute atomic E-state index is 12.1. The molecule has 0 aliphatic heterocycles. The number of hydrogen-bond donors (Lipinski definition) is 0. The molecule has 92 valence electrons. The first kappa shape index (κ1) is 12.4. The number of aryl methyl sites for hydroxylation is 3. The molecular formula is C15H16N2O. The topological polar surface area (TPSA) is 42.9 Å². The van der Waals surface area contributed by atoms with E-state index < -0.39 is 0 Å². The standard InChI is InChI=1S/C15H16N2O/c1-10-8-16-15(17-9-10)14(18)7-13-11(2)5-4-6-12(13)3/h4-6,8-9H,7H2,1-3H3. The van der Waals surface area contributed by atoms with Crippen LogP contribution in [0.5, 0.6) is 0 Å². The monoisotopic (exact) mass is 240 g/mol. The van der Waals surface area contributed by atoms with Crippen LogP contribution in [0, 0.1) is 20.8 Å². The third-order valence-corrected chi connectivity index (χ3v) is 3.01. The number of aromatic nitrogens is 2. The lowest BCUT2D eigenvalue weighted by molar-refractivity contribution is 0.0982. The Balaban J connectivity index is 2.24. The minimum atomic E-state index is -0.0348. The van der Waals surface area contributed by atoms with Gasteiger partial charge in [0.1, 0.15) is 0 Å². The molecular weight excluding hydrogens is 224 g/mol. The average Bonchev–Trinajstić information content (AvgIpc) is 2.34. The van der Waals surface area contributed by atoms with Crippen molar-refractivity contribution in [2.45, 2.75) is 27.2 Å². The van der Waals surface area contributed by atoms with E-state index in [9.17, 15) is 4.79 Å². The Morgan fingerprint density at radius 3 is 2.17 bits per heavy atom. The number of benzene rings is 1. The molecule has 0 amide bonds. The summed E-state index contributed by atoms with van der Waals surface area (Å²) in [5, 5.41) is 0. The summed E-state index contributed by atoms with van der Waals surface area (Å²) in [6.45, 7) is 5.94. The van der Waals surface area contributed by atoms with Crippen LogP contribution in [0.3, 0.4) is 0 Å². The fourth-order valence-corrected chi connectivity index (χ4v) is 1.90. The van der Waals surface area contributed by atoms with Gasteiger partial charge in [0.2, 0.25) is 5.78 Å². The number of nitrogens with zero attached hydrogens (tertiary/aromatic N) is 2. The highest BCUT2D eigenvalue weighted by atomic mass is 16.1. The van der Waals surface area contributed by atoms with Crippen LogP contribution in [0.4, 0.5) is 0 Å². The molecule has 0 spiro atoms. The third-order valence-electron chi connectivity index (χ3n) is 3.01. The quantitative estimate of drug-likeness (QED) is 0.775. The molecule has 1 aromatic heterocycles. The van der Waals surface area contributed by atoms with E-state index in [4.69, 9.17) is 0 Å². The lowest BCUT2D eigenvalue weighted by atomic mass is 9.98. The number of carbonyl (C=O) groups excluding carboxylic acids is 1. The first-order valence-corrected chi connectivity index (χ1v) is 5.95. The second-order valence-corrected chi connectivity index (χ2v) is 4.55. The Hall–Kier alpha value is -2.03. The Morgan fingerprint density at radius 1 is 1.06 bits per heavy atom. The highest BCUT2D eigenvalue weighted by Crippen LogP contribution is 2.15. The van der Waals surface area contributed by atoms with E-state index in [1.54, 1.807) is 12.4 Å². The smallest absolute Gasteiger partial charge is 0.204 e. The Labute approximate surface area is 107 Å². The predicted molar refractivity (Wildman–Crippen MR) is 70.7 cm³/mol. The zero-order valence-corrected chi connectivity index (χ0v) is 10.9. The molecule has 18 heavy (non-hydrogen) atoms. The van der Waals surface area contributed by atoms with E-state index in [0.29, 0.717) is 12.2 Å². The van der Waals surface area contributed by atoms with Gasteiger partial charge in [-0.2, -0.15) is 0 Å². The van der Waals surface area contributed by atoms with Gasteiger partial charge < -0.3 is 0 Å². The van der Waals surface area contributed by atoms with Crippen molar-refractivity contribution in [1.29, 1.82) is 0 Å². The number of ketones is 1. The van der Waals surface area contributed by atoms with Crippen LogP contribution in [-0.2, 0) is 6.42 Å². The molecule has 0 unspecified atom stereocenters. The van der Waals surface area contributed by atoms with E-state index in [2.05, 4.69) is 9.97 Å². The fraction of sp³-hybridized carbons (Fsp3) is 0.267. The normalized spacial score (nSPS) is 10.4. The molecule has 0 fully saturated rings. The van der Waals surface area contributed by atoms with E-state index in [1.165, 1.54) is 0 Å². The van der Waals surface area contributed by atoms with Crippen molar-refractivity contribution in [2.24, 2.45) is 0 Å². The molecule has 2 rings (SSSR count). The number of Topliss-reactive ketones (excluding diaryl/α,β-unsaturated/α-hetero) is 1. The molecule has 0 N–H and O–H groups in total. The average molecular weight is 240 g/mol. The zero-order valence-electron chi connectivity index (χ0n) is 10.9. The van der Waals surface area contributed by atoms with Crippen molar-refractivity contribution in [3.8, 4) is 0 Å². The van der Waals surface area contributed by atoms with Gasteiger partial charge in [-0.05, 0) is 43.0 Å². The summed E-state index contributed by atoms with van der Waals surface area (Å²) in [5.41, 5.74) is 4.30. The van der Waals surface area contributed by atoms with Crippen molar-refractivity contribution in [3.05, 3.63) is 58.7 Å². The van der Waals surface area contributed by atoms with Crippen molar-refractivity contribution < 1.29 is 4.79 Å². The molecule has 0 saturated heterocycles. The first-order chi connectivity index (χ1) is 8.58. The third kappa shape index (κ3) is 2.62. The molecule has 3 heteroatoms. The summed E-state index contributed by atoms with van der Waals surface area (Å²) in [5.74, 6) is 0.260. The molecule has 1 aromatic carbocycles. The Bertz CT molecular complexity index is 553. The molecule has 0 radical (unpaired) electrons. The maximum atomic E-state index is 12.1. The number of carbonyl (C=O) groups is 1. The molecule has 0 aliphatic carbocycles. The van der Waals surface area contributed by atoms with Gasteiger partial charge in [0.15, 0.2) is 5.82 Å². The molecule has 3 nitrogen and oxygen atoms in total. The van der Waals surface area contributed by atoms with Gasteiger partial charge in [0.25, 0.3) is 0 Å². The maximum Gasteiger partial charge on any atom is 0.204 e. The zero-order chi connectivity index (χ0) is 13.1. The minimum Gasteiger partial charge on any atom is -0.290 e. The lowest BCUT2D eigenvalue weighted by Crippen LogP contribution is -2.10. The number of hydrogen-bond acceptors (Lipinski definition) is 3. The summed E-state index contributed by atoms with van der Waals surface area (Å²) in [7, 11) is 0. The van der Waals surface area contributed by atoms with Crippen LogP contribution in [0.15, 0.2) is 30.6 Å². The Morgan fingerprint density at radius 2 is 1.61 bits per heavy atom. The van der Waals surface area contributed by atoms with Crippen molar-refractivity contribution in [3.63, 3.8) is 0 Å². The van der Waals surface area contributed by atoms with Crippen molar-refractivity contribution in [1.82, 2.24) is 9.97 Å². The molecule has 1 heterocycles. The molecule has 0 atom stereocenters. The van der Waals surface area contributed by atoms with E-state index >= 15 is 0 Å². The van der Waals surface area contributed by atoms with Gasteiger partial charge in [-0.25, -0.2) is 9.97 Å². The van der Waals surface area contributed by atoms with Crippen LogP contribution in [0.2, 0.25) is 0 Å². The molecule has 0 aliphatic rings. The minimum absolute atomic E-state index is 0.0348. The van der Waals surface area contributed by atoms with Crippen LogP contribution < -0.4 is 0 Å². The van der Waals surface area contributed by atoms with Gasteiger partial charge >= 0.3 is 0 Å². The van der Waals surface area contributed by atoms with Crippen LogP contribution >= 0.6 is 0 Å². The highest BCUT2D eigenvalue weighted by molar-refractivity contribution is 5.94. The largest absolute Gasteiger partial charge is 0.290 e. The number of rotatable bonds is 3. The lowest BCUT2D eigenvalue weighted by Gasteiger charge is -2.08. The highest BCUT2D eigenvalue weighted by Gasteiger charge is 2.12. The van der Waals surface area contributed by atoms with Gasteiger partial charge in [-0.3, -0.25) is 4.79 Å². The van der Waals surface area contributed by atoms with Crippen LogP contribution in [0.25, 0.3) is 0 Å². The molecule has 2 aromatic rings. The second kappa shape index (κ2) is 5.08. The van der Waals surface area contributed by atoms with Gasteiger partial charge in [0.05, 0.1) is 0 Å². The van der Waals surface area contributed by atoms with Crippen molar-refractivity contribution >= 4 is 5.78 Å². The van der Waals surface area contributed by atoms with Gasteiger partial charge in [0, 0.05) is 18.8 Å². The van der Waals surface area contributed by atoms with Crippen LogP contribution in [0.1, 0.15) is 32.9 Å². The SMILES string of the molecule is Cc1cnc(C(=O)Cc2c(C)cccc2C)nc1.